The van der Waals surface area contributed by atoms with Crippen LogP contribution in [0.25, 0.3) is 0 Å². The highest BCUT2D eigenvalue weighted by Gasteiger charge is 2.31. The van der Waals surface area contributed by atoms with Crippen molar-refractivity contribution in [3.63, 3.8) is 0 Å². The Balaban J connectivity index is 1.47. The SMILES string of the molecule is O=C(O)C(CCN1CCCN2CCCC2C1)NC1CC1. The molecule has 3 aliphatic rings. The molecule has 5 nitrogen and oxygen atoms in total. The van der Waals surface area contributed by atoms with Gasteiger partial charge in [0.1, 0.15) is 6.04 Å². The van der Waals surface area contributed by atoms with Crippen LogP contribution in [0, 0.1) is 0 Å². The molecule has 2 aliphatic heterocycles. The van der Waals surface area contributed by atoms with Crippen LogP contribution in [0.15, 0.2) is 0 Å². The predicted molar refractivity (Wildman–Crippen MR) is 77.9 cm³/mol. The van der Waals surface area contributed by atoms with Gasteiger partial charge in [-0.3, -0.25) is 9.69 Å². The molecule has 2 unspecified atom stereocenters. The lowest BCUT2D eigenvalue weighted by molar-refractivity contribution is -0.139. The fraction of sp³-hybridized carbons (Fsp3) is 0.933. The quantitative estimate of drug-likeness (QED) is 0.752. The molecule has 3 rings (SSSR count). The monoisotopic (exact) mass is 281 g/mol. The van der Waals surface area contributed by atoms with Gasteiger partial charge in [-0.1, -0.05) is 0 Å². The molecule has 1 aliphatic carbocycles. The summed E-state index contributed by atoms with van der Waals surface area (Å²) in [6, 6.07) is 0.827. The van der Waals surface area contributed by atoms with Gasteiger partial charge >= 0.3 is 5.97 Å². The highest BCUT2D eigenvalue weighted by Crippen LogP contribution is 2.22. The van der Waals surface area contributed by atoms with Crippen LogP contribution in [0.4, 0.5) is 0 Å². The molecule has 2 atom stereocenters. The third-order valence-corrected chi connectivity index (χ3v) is 4.93. The molecule has 5 heteroatoms. The molecule has 0 aromatic carbocycles. The Bertz CT molecular complexity index is 346. The van der Waals surface area contributed by atoms with Gasteiger partial charge < -0.3 is 15.3 Å². The molecule has 20 heavy (non-hydrogen) atoms. The summed E-state index contributed by atoms with van der Waals surface area (Å²) in [7, 11) is 0. The third kappa shape index (κ3) is 3.71. The van der Waals surface area contributed by atoms with E-state index in [4.69, 9.17) is 0 Å². The van der Waals surface area contributed by atoms with Crippen LogP contribution in [-0.4, -0.2) is 71.7 Å². The Morgan fingerprint density at radius 2 is 2.00 bits per heavy atom. The van der Waals surface area contributed by atoms with E-state index < -0.39 is 5.97 Å². The maximum absolute atomic E-state index is 11.3. The summed E-state index contributed by atoms with van der Waals surface area (Å²) in [6.07, 6.45) is 6.90. The van der Waals surface area contributed by atoms with Gasteiger partial charge in [-0.2, -0.15) is 0 Å². The molecule has 3 fully saturated rings. The predicted octanol–water partition coefficient (Wildman–Crippen LogP) is 0.752. The molecule has 1 saturated carbocycles. The summed E-state index contributed by atoms with van der Waals surface area (Å²) in [5.41, 5.74) is 0. The smallest absolute Gasteiger partial charge is 0.320 e. The van der Waals surface area contributed by atoms with E-state index in [1.165, 1.54) is 32.4 Å². The van der Waals surface area contributed by atoms with Crippen LogP contribution >= 0.6 is 0 Å². The molecular weight excluding hydrogens is 254 g/mol. The van der Waals surface area contributed by atoms with E-state index >= 15 is 0 Å². The molecular formula is C15H27N3O2. The minimum absolute atomic E-state index is 0.356. The molecule has 2 heterocycles. The number of nitrogens with one attached hydrogen (secondary N) is 1. The minimum Gasteiger partial charge on any atom is -0.480 e. The number of carbonyl (C=O) groups is 1. The largest absolute Gasteiger partial charge is 0.480 e. The van der Waals surface area contributed by atoms with Crippen molar-refractivity contribution in [1.29, 1.82) is 0 Å². The zero-order valence-corrected chi connectivity index (χ0v) is 12.3. The van der Waals surface area contributed by atoms with E-state index in [2.05, 4.69) is 15.1 Å². The third-order valence-electron chi connectivity index (χ3n) is 4.93. The van der Waals surface area contributed by atoms with Crippen LogP contribution in [0.2, 0.25) is 0 Å². The summed E-state index contributed by atoms with van der Waals surface area (Å²) in [4.78, 5) is 16.4. The lowest BCUT2D eigenvalue weighted by Gasteiger charge is -2.26. The van der Waals surface area contributed by atoms with Gasteiger partial charge in [0.15, 0.2) is 0 Å². The van der Waals surface area contributed by atoms with Crippen LogP contribution in [-0.2, 0) is 4.79 Å². The second-order valence-corrected chi connectivity index (χ2v) is 6.61. The Kier molecular flexibility index (Phi) is 4.58. The number of fused-ring (bicyclic) bond motifs is 1. The summed E-state index contributed by atoms with van der Waals surface area (Å²) in [5, 5.41) is 12.6. The summed E-state index contributed by atoms with van der Waals surface area (Å²) in [6.45, 7) is 5.67. The standard InChI is InChI=1S/C15H27N3O2/c19-15(20)14(16-12-4-5-12)6-10-17-7-2-9-18-8-1-3-13(18)11-17/h12-14,16H,1-11H2,(H,19,20). The van der Waals surface area contributed by atoms with Gasteiger partial charge in [0.2, 0.25) is 0 Å². The second-order valence-electron chi connectivity index (χ2n) is 6.61. The van der Waals surface area contributed by atoms with Gasteiger partial charge in [-0.05, 0) is 58.2 Å². The van der Waals surface area contributed by atoms with Gasteiger partial charge in [-0.15, -0.1) is 0 Å². The van der Waals surface area contributed by atoms with Crippen LogP contribution in [0.3, 0.4) is 0 Å². The van der Waals surface area contributed by atoms with Crippen LogP contribution in [0.5, 0.6) is 0 Å². The minimum atomic E-state index is -0.686. The number of carboxylic acid groups (broad SMARTS) is 1. The lowest BCUT2D eigenvalue weighted by Crippen LogP contribution is -2.42. The van der Waals surface area contributed by atoms with Crippen molar-refractivity contribution < 1.29 is 9.90 Å². The maximum atomic E-state index is 11.3. The van der Waals surface area contributed by atoms with E-state index in [1.807, 2.05) is 0 Å². The molecule has 114 valence electrons. The molecule has 0 amide bonds. The first kappa shape index (κ1) is 14.3. The van der Waals surface area contributed by atoms with Gasteiger partial charge in [0, 0.05) is 25.2 Å². The fourth-order valence-electron chi connectivity index (χ4n) is 3.61. The number of nitrogens with zero attached hydrogens (tertiary/aromatic N) is 2. The first-order valence-electron chi connectivity index (χ1n) is 8.17. The van der Waals surface area contributed by atoms with Crippen LogP contribution < -0.4 is 5.32 Å². The van der Waals surface area contributed by atoms with E-state index in [-0.39, 0.29) is 6.04 Å². The molecule has 0 aromatic rings. The molecule has 2 saturated heterocycles. The number of hydrogen-bond donors (Lipinski definition) is 2. The van der Waals surface area contributed by atoms with E-state index in [9.17, 15) is 9.90 Å². The second kappa shape index (κ2) is 6.41. The van der Waals surface area contributed by atoms with Crippen molar-refractivity contribution in [2.75, 3.05) is 32.7 Å². The van der Waals surface area contributed by atoms with E-state index in [0.29, 0.717) is 6.04 Å². The molecule has 0 aromatic heterocycles. The van der Waals surface area contributed by atoms with Crippen molar-refractivity contribution in [2.45, 2.75) is 56.7 Å². The Hall–Kier alpha value is -0.650. The molecule has 0 spiro atoms. The Morgan fingerprint density at radius 1 is 1.20 bits per heavy atom. The molecule has 2 N–H and O–H groups in total. The molecule has 0 radical (unpaired) electrons. The normalized spacial score (nSPS) is 29.9. The number of rotatable bonds is 6. The van der Waals surface area contributed by atoms with Gasteiger partial charge in [0.25, 0.3) is 0 Å². The number of aliphatic carboxylic acids is 1. The van der Waals surface area contributed by atoms with Crippen molar-refractivity contribution in [3.8, 4) is 0 Å². The average molecular weight is 281 g/mol. The Morgan fingerprint density at radius 3 is 2.75 bits per heavy atom. The number of hydrogen-bond acceptors (Lipinski definition) is 4. The van der Waals surface area contributed by atoms with Crippen molar-refractivity contribution in [3.05, 3.63) is 0 Å². The highest BCUT2D eigenvalue weighted by molar-refractivity contribution is 5.73. The van der Waals surface area contributed by atoms with Gasteiger partial charge in [-0.25, -0.2) is 0 Å². The zero-order valence-electron chi connectivity index (χ0n) is 12.3. The maximum Gasteiger partial charge on any atom is 0.320 e. The summed E-state index contributed by atoms with van der Waals surface area (Å²) < 4.78 is 0. The molecule has 0 bridgehead atoms. The van der Waals surface area contributed by atoms with Crippen molar-refractivity contribution >= 4 is 5.97 Å². The topological polar surface area (TPSA) is 55.8 Å². The zero-order chi connectivity index (χ0) is 13.9. The van der Waals surface area contributed by atoms with Crippen molar-refractivity contribution in [2.24, 2.45) is 0 Å². The fourth-order valence-corrected chi connectivity index (χ4v) is 3.61. The van der Waals surface area contributed by atoms with E-state index in [1.54, 1.807) is 0 Å². The summed E-state index contributed by atoms with van der Waals surface area (Å²) >= 11 is 0. The summed E-state index contributed by atoms with van der Waals surface area (Å²) in [5.74, 6) is -0.686. The Labute approximate surface area is 121 Å². The van der Waals surface area contributed by atoms with E-state index in [0.717, 1.165) is 44.9 Å². The average Bonchev–Trinajstić information content (AvgIpc) is 3.18. The lowest BCUT2D eigenvalue weighted by atomic mass is 10.1. The van der Waals surface area contributed by atoms with Crippen LogP contribution in [0.1, 0.15) is 38.5 Å². The first-order valence-corrected chi connectivity index (χ1v) is 8.17. The highest BCUT2D eigenvalue weighted by atomic mass is 16.4. The first-order chi connectivity index (χ1) is 9.72. The van der Waals surface area contributed by atoms with Gasteiger partial charge in [0.05, 0.1) is 0 Å². The van der Waals surface area contributed by atoms with Crippen molar-refractivity contribution in [1.82, 2.24) is 15.1 Å². The number of carboxylic acids is 1.